The highest BCUT2D eigenvalue weighted by Gasteiger charge is 2.21. The fraction of sp³-hybridized carbons (Fsp3) is 0.385. The van der Waals surface area contributed by atoms with Gasteiger partial charge < -0.3 is 4.90 Å². The highest BCUT2D eigenvalue weighted by atomic mass is 32.1. The Morgan fingerprint density at radius 2 is 2.18 bits per heavy atom. The molecule has 0 unspecified atom stereocenters. The predicted octanol–water partition coefficient (Wildman–Crippen LogP) is 2.59. The summed E-state index contributed by atoms with van der Waals surface area (Å²) in [6.07, 6.45) is 3.78. The van der Waals surface area contributed by atoms with Crippen molar-refractivity contribution in [2.24, 2.45) is 0 Å². The molecule has 4 heteroatoms. The molecule has 1 fully saturated rings. The van der Waals surface area contributed by atoms with Crippen LogP contribution < -0.4 is 0 Å². The molecule has 1 aromatic rings. The molecule has 1 saturated heterocycles. The topological polar surface area (TPSA) is 44.1 Å². The van der Waals surface area contributed by atoms with Gasteiger partial charge in [0.15, 0.2) is 0 Å². The van der Waals surface area contributed by atoms with Crippen molar-refractivity contribution < 1.29 is 4.79 Å². The van der Waals surface area contributed by atoms with Crippen molar-refractivity contribution >= 4 is 23.3 Å². The summed E-state index contributed by atoms with van der Waals surface area (Å²) in [5.74, 6) is -0.129. The van der Waals surface area contributed by atoms with Crippen LogP contribution in [0.1, 0.15) is 22.6 Å². The van der Waals surface area contributed by atoms with Crippen LogP contribution in [-0.4, -0.2) is 23.9 Å². The van der Waals surface area contributed by atoms with E-state index in [0.29, 0.717) is 0 Å². The van der Waals surface area contributed by atoms with Crippen molar-refractivity contribution in [1.29, 1.82) is 5.26 Å². The Balaban J connectivity index is 2.18. The third-order valence-electron chi connectivity index (χ3n) is 2.79. The van der Waals surface area contributed by atoms with E-state index in [2.05, 4.69) is 0 Å². The van der Waals surface area contributed by atoms with Gasteiger partial charge in [0, 0.05) is 22.8 Å². The lowest BCUT2D eigenvalue weighted by atomic mass is 10.2. The minimum absolute atomic E-state index is 0.129. The molecule has 0 spiro atoms. The van der Waals surface area contributed by atoms with Crippen molar-refractivity contribution in [1.82, 2.24) is 4.90 Å². The number of aryl methyl sites for hydroxylation is 1. The minimum atomic E-state index is -0.129. The summed E-state index contributed by atoms with van der Waals surface area (Å²) >= 11 is 1.59. The van der Waals surface area contributed by atoms with Gasteiger partial charge in [-0.05, 0) is 38.0 Å². The second-order valence-corrected chi connectivity index (χ2v) is 5.44. The summed E-state index contributed by atoms with van der Waals surface area (Å²) in [4.78, 5) is 15.9. The summed E-state index contributed by atoms with van der Waals surface area (Å²) in [5.41, 5.74) is 0.244. The quantitative estimate of drug-likeness (QED) is 0.594. The standard InChI is InChI=1S/C13H14N2OS/c1-10-4-5-12(17-10)8-11(9-14)13(16)15-6-2-3-7-15/h4-5,8H,2-3,6-7H2,1H3. The van der Waals surface area contributed by atoms with Crippen LogP contribution in [0.2, 0.25) is 0 Å². The Labute approximate surface area is 105 Å². The van der Waals surface area contributed by atoms with Crippen molar-refractivity contribution in [3.8, 4) is 6.07 Å². The molecule has 0 aliphatic carbocycles. The zero-order valence-electron chi connectivity index (χ0n) is 9.77. The summed E-state index contributed by atoms with van der Waals surface area (Å²) in [7, 11) is 0. The molecule has 2 rings (SSSR count). The van der Waals surface area contributed by atoms with Crippen LogP contribution in [0.25, 0.3) is 6.08 Å². The molecule has 17 heavy (non-hydrogen) atoms. The number of likely N-dealkylation sites (tertiary alicyclic amines) is 1. The van der Waals surface area contributed by atoms with E-state index >= 15 is 0 Å². The number of carbonyl (C=O) groups excluding carboxylic acids is 1. The van der Waals surface area contributed by atoms with Gasteiger partial charge in [-0.25, -0.2) is 0 Å². The Morgan fingerprint density at radius 1 is 1.47 bits per heavy atom. The fourth-order valence-electron chi connectivity index (χ4n) is 1.91. The molecule has 1 aromatic heterocycles. The first-order valence-electron chi connectivity index (χ1n) is 5.68. The smallest absolute Gasteiger partial charge is 0.264 e. The van der Waals surface area contributed by atoms with Gasteiger partial charge in [0.2, 0.25) is 0 Å². The summed E-state index contributed by atoms with van der Waals surface area (Å²) < 4.78 is 0. The summed E-state index contributed by atoms with van der Waals surface area (Å²) in [6, 6.07) is 5.94. The molecular weight excluding hydrogens is 232 g/mol. The lowest BCUT2D eigenvalue weighted by Gasteiger charge is -2.13. The maximum absolute atomic E-state index is 12.0. The van der Waals surface area contributed by atoms with Crippen LogP contribution in [0.5, 0.6) is 0 Å². The molecule has 0 N–H and O–H groups in total. The third-order valence-corrected chi connectivity index (χ3v) is 3.74. The van der Waals surface area contributed by atoms with E-state index in [1.807, 2.05) is 25.1 Å². The molecule has 0 aromatic carbocycles. The molecule has 88 valence electrons. The first-order chi connectivity index (χ1) is 8.20. The zero-order chi connectivity index (χ0) is 12.3. The Kier molecular flexibility index (Phi) is 3.60. The van der Waals surface area contributed by atoms with E-state index in [1.165, 1.54) is 4.88 Å². The molecule has 0 radical (unpaired) electrons. The molecule has 0 saturated carbocycles. The highest BCUT2D eigenvalue weighted by molar-refractivity contribution is 7.12. The first kappa shape index (κ1) is 11.9. The maximum atomic E-state index is 12.0. The first-order valence-corrected chi connectivity index (χ1v) is 6.50. The normalized spacial score (nSPS) is 16.0. The van der Waals surface area contributed by atoms with E-state index in [1.54, 1.807) is 22.3 Å². The second kappa shape index (κ2) is 5.15. The Hall–Kier alpha value is -1.60. The molecule has 1 aliphatic heterocycles. The van der Waals surface area contributed by atoms with E-state index in [-0.39, 0.29) is 11.5 Å². The van der Waals surface area contributed by atoms with E-state index in [4.69, 9.17) is 5.26 Å². The average molecular weight is 246 g/mol. The molecule has 0 atom stereocenters. The molecular formula is C13H14N2OS. The predicted molar refractivity (Wildman–Crippen MR) is 68.5 cm³/mol. The number of amides is 1. The van der Waals surface area contributed by atoms with E-state index < -0.39 is 0 Å². The van der Waals surface area contributed by atoms with Crippen molar-refractivity contribution in [3.05, 3.63) is 27.5 Å². The van der Waals surface area contributed by atoms with E-state index in [0.717, 1.165) is 30.8 Å². The van der Waals surface area contributed by atoms with Gasteiger partial charge >= 0.3 is 0 Å². The maximum Gasteiger partial charge on any atom is 0.264 e. The van der Waals surface area contributed by atoms with Crippen LogP contribution in [-0.2, 0) is 4.79 Å². The molecule has 1 amide bonds. The summed E-state index contributed by atoms with van der Waals surface area (Å²) in [5, 5.41) is 9.06. The highest BCUT2D eigenvalue weighted by Crippen LogP contribution is 2.20. The number of nitriles is 1. The van der Waals surface area contributed by atoms with Gasteiger partial charge in [0.1, 0.15) is 11.6 Å². The molecule has 0 bridgehead atoms. The number of hydrogen-bond donors (Lipinski definition) is 0. The summed E-state index contributed by atoms with van der Waals surface area (Å²) in [6.45, 7) is 3.57. The van der Waals surface area contributed by atoms with Crippen molar-refractivity contribution in [3.63, 3.8) is 0 Å². The van der Waals surface area contributed by atoms with Crippen molar-refractivity contribution in [2.45, 2.75) is 19.8 Å². The van der Waals surface area contributed by atoms with Gasteiger partial charge in [-0.2, -0.15) is 5.26 Å². The molecule has 3 nitrogen and oxygen atoms in total. The van der Waals surface area contributed by atoms with E-state index in [9.17, 15) is 4.79 Å². The average Bonchev–Trinajstić information content (AvgIpc) is 2.96. The monoisotopic (exact) mass is 246 g/mol. The van der Waals surface area contributed by atoms with Crippen LogP contribution in [0.3, 0.4) is 0 Å². The lowest BCUT2D eigenvalue weighted by molar-refractivity contribution is -0.125. The number of carbonyl (C=O) groups is 1. The zero-order valence-corrected chi connectivity index (χ0v) is 10.6. The van der Waals surface area contributed by atoms with Crippen LogP contribution >= 0.6 is 11.3 Å². The van der Waals surface area contributed by atoms with Gasteiger partial charge in [-0.3, -0.25) is 4.79 Å². The second-order valence-electron chi connectivity index (χ2n) is 4.12. The van der Waals surface area contributed by atoms with Crippen LogP contribution in [0, 0.1) is 18.3 Å². The van der Waals surface area contributed by atoms with Gasteiger partial charge in [-0.15, -0.1) is 11.3 Å². The van der Waals surface area contributed by atoms with Gasteiger partial charge in [0.05, 0.1) is 0 Å². The van der Waals surface area contributed by atoms with Gasteiger partial charge in [-0.1, -0.05) is 0 Å². The Bertz CT molecular complexity index is 490. The minimum Gasteiger partial charge on any atom is -0.338 e. The number of thiophene rings is 1. The number of hydrogen-bond acceptors (Lipinski definition) is 3. The number of nitrogens with zero attached hydrogens (tertiary/aromatic N) is 2. The Morgan fingerprint density at radius 3 is 2.71 bits per heavy atom. The van der Waals surface area contributed by atoms with Crippen molar-refractivity contribution in [2.75, 3.05) is 13.1 Å². The third kappa shape index (κ3) is 2.75. The molecule has 1 aliphatic rings. The van der Waals surface area contributed by atoms with Gasteiger partial charge in [0.25, 0.3) is 5.91 Å². The fourth-order valence-corrected chi connectivity index (χ4v) is 2.73. The van der Waals surface area contributed by atoms with Crippen LogP contribution in [0.4, 0.5) is 0 Å². The van der Waals surface area contributed by atoms with Crippen LogP contribution in [0.15, 0.2) is 17.7 Å². The largest absolute Gasteiger partial charge is 0.338 e. The SMILES string of the molecule is Cc1ccc(C=C(C#N)C(=O)N2CCCC2)s1. The lowest BCUT2D eigenvalue weighted by Crippen LogP contribution is -2.28. The number of rotatable bonds is 2. The molecule has 2 heterocycles.